The molecule has 1 nitrogen and oxygen atoms in total. The van der Waals surface area contributed by atoms with Crippen LogP contribution >= 0.6 is 31.9 Å². The van der Waals surface area contributed by atoms with Crippen molar-refractivity contribution >= 4 is 81.2 Å². The highest BCUT2D eigenvalue weighted by Crippen LogP contribution is 2.47. The third-order valence-corrected chi connectivity index (χ3v) is 7.27. The Labute approximate surface area is 197 Å². The Morgan fingerprint density at radius 3 is 1.71 bits per heavy atom. The van der Waals surface area contributed by atoms with Crippen molar-refractivity contribution in [2.45, 2.75) is 0 Å². The van der Waals surface area contributed by atoms with Crippen LogP contribution in [-0.4, -0.2) is 0 Å². The number of rotatable bonds is 3. The topological polar surface area (TPSA) is 3.24 Å². The van der Waals surface area contributed by atoms with Gasteiger partial charge in [0.2, 0.25) is 0 Å². The van der Waals surface area contributed by atoms with Gasteiger partial charge in [0, 0.05) is 31.1 Å². The first-order valence-electron chi connectivity index (χ1n) is 10.2. The minimum Gasteiger partial charge on any atom is -0.310 e. The Morgan fingerprint density at radius 1 is 0.484 bits per heavy atom. The summed E-state index contributed by atoms with van der Waals surface area (Å²) < 4.78 is 2.22. The lowest BCUT2D eigenvalue weighted by molar-refractivity contribution is 1.30. The van der Waals surface area contributed by atoms with Crippen LogP contribution in [0.4, 0.5) is 17.1 Å². The first-order chi connectivity index (χ1) is 15.2. The van der Waals surface area contributed by atoms with Crippen molar-refractivity contribution in [3.8, 4) is 0 Å². The molecule has 0 unspecified atom stereocenters. The van der Waals surface area contributed by atoms with Crippen LogP contribution in [0, 0.1) is 0 Å². The molecule has 6 rings (SSSR count). The van der Waals surface area contributed by atoms with Crippen LogP contribution in [0.5, 0.6) is 0 Å². The van der Waals surface area contributed by atoms with Gasteiger partial charge in [0.05, 0.1) is 5.69 Å². The summed E-state index contributed by atoms with van der Waals surface area (Å²) in [5.74, 6) is 0. The van der Waals surface area contributed by atoms with E-state index in [0.29, 0.717) is 0 Å². The van der Waals surface area contributed by atoms with E-state index >= 15 is 0 Å². The zero-order chi connectivity index (χ0) is 20.9. The van der Waals surface area contributed by atoms with Crippen molar-refractivity contribution in [3.63, 3.8) is 0 Å². The standard InChI is InChI=1S/C28H17Br2N/c29-24-16-12-18-11-13-22-25(30)17-26(23-15-14-21(24)27(18)28(22)23)31(19-7-3-1-4-8-19)20-9-5-2-6-10-20/h1-17H. The maximum absolute atomic E-state index is 3.89. The van der Waals surface area contributed by atoms with Crippen LogP contribution in [0.1, 0.15) is 0 Å². The quantitative estimate of drug-likeness (QED) is 0.207. The summed E-state index contributed by atoms with van der Waals surface area (Å²) in [6.07, 6.45) is 0. The van der Waals surface area contributed by atoms with Gasteiger partial charge in [-0.3, -0.25) is 0 Å². The molecular formula is C28H17Br2N. The van der Waals surface area contributed by atoms with E-state index in [4.69, 9.17) is 0 Å². The van der Waals surface area contributed by atoms with Gasteiger partial charge in [-0.05, 0) is 57.9 Å². The van der Waals surface area contributed by atoms with Gasteiger partial charge in [-0.1, -0.05) is 98.6 Å². The highest BCUT2D eigenvalue weighted by atomic mass is 79.9. The molecule has 0 aromatic heterocycles. The molecule has 0 spiro atoms. The number of para-hydroxylation sites is 2. The van der Waals surface area contributed by atoms with E-state index in [2.05, 4.69) is 140 Å². The van der Waals surface area contributed by atoms with Gasteiger partial charge in [-0.2, -0.15) is 0 Å². The molecular weight excluding hydrogens is 510 g/mol. The van der Waals surface area contributed by atoms with Crippen LogP contribution < -0.4 is 4.90 Å². The molecule has 6 aromatic carbocycles. The largest absolute Gasteiger partial charge is 0.310 e. The Balaban J connectivity index is 1.77. The molecule has 3 heteroatoms. The fourth-order valence-electron chi connectivity index (χ4n) is 4.57. The number of halogens is 2. The van der Waals surface area contributed by atoms with Gasteiger partial charge in [0.1, 0.15) is 0 Å². The van der Waals surface area contributed by atoms with Crippen molar-refractivity contribution in [3.05, 3.63) is 112 Å². The zero-order valence-electron chi connectivity index (χ0n) is 16.5. The van der Waals surface area contributed by atoms with Crippen molar-refractivity contribution in [1.29, 1.82) is 0 Å². The van der Waals surface area contributed by atoms with Gasteiger partial charge in [0.25, 0.3) is 0 Å². The second-order valence-electron chi connectivity index (χ2n) is 7.68. The summed E-state index contributed by atoms with van der Waals surface area (Å²) in [6.45, 7) is 0. The number of hydrogen-bond donors (Lipinski definition) is 0. The first kappa shape index (κ1) is 18.9. The Kier molecular flexibility index (Phi) is 4.48. The fourth-order valence-corrected chi connectivity index (χ4v) is 5.58. The molecule has 0 aliphatic rings. The highest BCUT2D eigenvalue weighted by molar-refractivity contribution is 9.11. The Bertz CT molecular complexity index is 1500. The molecule has 0 aliphatic carbocycles. The van der Waals surface area contributed by atoms with Crippen LogP contribution in [-0.2, 0) is 0 Å². The van der Waals surface area contributed by atoms with Crippen LogP contribution in [0.15, 0.2) is 112 Å². The number of anilines is 3. The minimum atomic E-state index is 1.10. The van der Waals surface area contributed by atoms with Gasteiger partial charge >= 0.3 is 0 Å². The van der Waals surface area contributed by atoms with E-state index in [9.17, 15) is 0 Å². The molecule has 0 amide bonds. The molecule has 0 bridgehead atoms. The van der Waals surface area contributed by atoms with Gasteiger partial charge in [-0.25, -0.2) is 0 Å². The van der Waals surface area contributed by atoms with E-state index in [1.54, 1.807) is 0 Å². The molecule has 0 N–H and O–H groups in total. The third-order valence-electron chi connectivity index (χ3n) is 5.93. The molecule has 0 saturated carbocycles. The molecule has 148 valence electrons. The maximum Gasteiger partial charge on any atom is 0.0551 e. The maximum atomic E-state index is 3.89. The smallest absolute Gasteiger partial charge is 0.0551 e. The Morgan fingerprint density at radius 2 is 1.03 bits per heavy atom. The summed E-state index contributed by atoms with van der Waals surface area (Å²) in [6, 6.07) is 36.6. The monoisotopic (exact) mass is 525 g/mol. The fraction of sp³-hybridized carbons (Fsp3) is 0. The Hall–Kier alpha value is -2.88. The molecule has 0 atom stereocenters. The number of hydrogen-bond acceptors (Lipinski definition) is 1. The summed E-state index contributed by atoms with van der Waals surface area (Å²) in [7, 11) is 0. The predicted octanol–water partition coefficient (Wildman–Crippen LogP) is 9.58. The first-order valence-corrected chi connectivity index (χ1v) is 11.8. The summed E-state index contributed by atoms with van der Waals surface area (Å²) >= 11 is 7.64. The van der Waals surface area contributed by atoms with Gasteiger partial charge in [0.15, 0.2) is 0 Å². The van der Waals surface area contributed by atoms with Crippen molar-refractivity contribution < 1.29 is 0 Å². The second kappa shape index (κ2) is 7.37. The van der Waals surface area contributed by atoms with Crippen LogP contribution in [0.2, 0.25) is 0 Å². The van der Waals surface area contributed by atoms with E-state index in [-0.39, 0.29) is 0 Å². The van der Waals surface area contributed by atoms with E-state index < -0.39 is 0 Å². The van der Waals surface area contributed by atoms with Gasteiger partial charge < -0.3 is 4.90 Å². The summed E-state index contributed by atoms with van der Waals surface area (Å²) in [5.41, 5.74) is 3.43. The molecule has 0 fully saturated rings. The average molecular weight is 527 g/mol. The molecule has 31 heavy (non-hydrogen) atoms. The molecule has 0 saturated heterocycles. The zero-order valence-corrected chi connectivity index (χ0v) is 19.7. The lowest BCUT2D eigenvalue weighted by atomic mass is 9.93. The van der Waals surface area contributed by atoms with Crippen LogP contribution in [0.3, 0.4) is 0 Å². The number of benzene rings is 6. The SMILES string of the molecule is Brc1ccc2ccc3c(Br)cc(N(c4ccccc4)c4ccccc4)c4ccc1c2c34. The molecule has 0 radical (unpaired) electrons. The highest BCUT2D eigenvalue weighted by Gasteiger charge is 2.20. The van der Waals surface area contributed by atoms with E-state index in [1.807, 2.05) is 0 Å². The third kappa shape index (κ3) is 2.95. The molecule has 6 aromatic rings. The summed E-state index contributed by atoms with van der Waals surface area (Å²) in [4.78, 5) is 2.34. The molecule has 0 heterocycles. The van der Waals surface area contributed by atoms with Crippen LogP contribution in [0.25, 0.3) is 32.3 Å². The van der Waals surface area contributed by atoms with Crippen molar-refractivity contribution in [1.82, 2.24) is 0 Å². The lowest BCUT2D eigenvalue weighted by Gasteiger charge is -2.28. The number of nitrogens with zero attached hydrogens (tertiary/aromatic N) is 1. The van der Waals surface area contributed by atoms with Crippen molar-refractivity contribution in [2.24, 2.45) is 0 Å². The second-order valence-corrected chi connectivity index (χ2v) is 9.39. The van der Waals surface area contributed by atoms with Gasteiger partial charge in [-0.15, -0.1) is 0 Å². The predicted molar refractivity (Wildman–Crippen MR) is 140 cm³/mol. The average Bonchev–Trinajstić information content (AvgIpc) is 2.82. The summed E-state index contributed by atoms with van der Waals surface area (Å²) in [5, 5.41) is 7.56. The molecule has 0 aliphatic heterocycles. The normalized spacial score (nSPS) is 11.5. The lowest BCUT2D eigenvalue weighted by Crippen LogP contribution is -2.10. The minimum absolute atomic E-state index is 1.10. The van der Waals surface area contributed by atoms with Crippen molar-refractivity contribution in [2.75, 3.05) is 4.90 Å². The van der Waals surface area contributed by atoms with E-state index in [0.717, 1.165) is 26.0 Å². The van der Waals surface area contributed by atoms with E-state index in [1.165, 1.54) is 32.3 Å².